The molecule has 0 unspecified atom stereocenters. The standard InChI is InChI=1S/C92H142N24O33/c1-7-46(4)73(112-85(142)65-20-12-36-114(65)88(145)51(94)40-49-21-23-50(118)24-22-49)86(143)106-56(15-8-9-33-93)89(146)115-37-13-18-63(115)83(140)104-53(26-30-69(123)124)75(132)101-48(6)87(144)113-35-11-17-62(113)82(139)99-43-67(120)102-52(25-29-68(121)122)76(133)110-60(42-72(129)130)79(136)100-47(5)74(131)111-61(44-117)90(147)116-38-14-19-64(116)84(141)105-55(28-32-71(127)128)77(134)103-54(27-31-70(125)126)78(135)108-58(39-45(2)3)80(137)109-59(41-66(95)119)81(138)107-57(91(148)149)16-10-34-98-92(96)97/h21-24,45-48,51-65,73,117-118H,7-20,25-44,93-94H2,1-6H3,(H2,95,119)(H,99,139)(H,100,136)(H,101,132)(H,102,120)(H,103,134)(H,104,140)(H,105,141)(H,106,143)(H,107,138)(H,108,135)(H,109,137)(H,110,133)(H,111,131)(H,112,142)(H,121,122)(H,123,124)(H,125,126)(H,127,128)(H,129,130)(H,148,149)(H4,96,97,98)/t46-,47-,48-,51-,52-,53-,54-,55-,56-,57-,58-,59-,60-,61-,62-,63-,64-,65-,73-/m0/s1. The van der Waals surface area contributed by atoms with Crippen LogP contribution >= 0.6 is 0 Å². The fourth-order valence-electron chi connectivity index (χ4n) is 17.1. The number of carboxylic acid groups (broad SMARTS) is 6. The van der Waals surface area contributed by atoms with Gasteiger partial charge in [0.15, 0.2) is 5.96 Å². The Labute approximate surface area is 856 Å². The van der Waals surface area contributed by atoms with E-state index in [-0.39, 0.29) is 122 Å². The normalized spacial score (nSPS) is 18.2. The van der Waals surface area contributed by atoms with E-state index in [1.807, 2.05) is 0 Å². The van der Waals surface area contributed by atoms with Gasteiger partial charge in [0.05, 0.1) is 32.0 Å². The number of phenols is 1. The summed E-state index contributed by atoms with van der Waals surface area (Å²) in [5, 5.41) is 121. The number of carbonyl (C=O) groups excluding carboxylic acids is 19. The van der Waals surface area contributed by atoms with E-state index < -0.39 is 352 Å². The molecule has 0 aliphatic carbocycles. The Bertz CT molecular complexity index is 4970. The minimum absolute atomic E-state index is 0.0151. The van der Waals surface area contributed by atoms with Gasteiger partial charge in [0, 0.05) is 58.4 Å². The lowest BCUT2D eigenvalue weighted by Gasteiger charge is -2.32. The quantitative estimate of drug-likeness (QED) is 0.0164. The molecular formula is C92H142N24O33. The molecule has 0 spiro atoms. The maximum atomic E-state index is 14.8. The highest BCUT2D eigenvalue weighted by Crippen LogP contribution is 2.27. The molecule has 4 aliphatic heterocycles. The van der Waals surface area contributed by atoms with Crippen molar-refractivity contribution in [2.45, 2.75) is 317 Å². The van der Waals surface area contributed by atoms with Gasteiger partial charge in [-0.1, -0.05) is 46.2 Å². The van der Waals surface area contributed by atoms with Gasteiger partial charge in [-0.15, -0.1) is 0 Å². The zero-order chi connectivity index (χ0) is 111. The van der Waals surface area contributed by atoms with E-state index in [2.05, 4.69) is 79.8 Å². The van der Waals surface area contributed by atoms with Crippen molar-refractivity contribution < 1.29 is 161 Å². The molecule has 149 heavy (non-hydrogen) atoms. The zero-order valence-electron chi connectivity index (χ0n) is 83.8. The van der Waals surface area contributed by atoms with Crippen molar-refractivity contribution in [1.82, 2.24) is 99.4 Å². The first-order valence-electron chi connectivity index (χ1n) is 49.2. The maximum Gasteiger partial charge on any atom is 0.326 e. The van der Waals surface area contributed by atoms with Gasteiger partial charge >= 0.3 is 35.8 Å². The van der Waals surface area contributed by atoms with Crippen molar-refractivity contribution in [3.63, 3.8) is 0 Å². The molecule has 4 aliphatic rings. The number of hydrogen-bond donors (Lipinski definition) is 28. The Morgan fingerprint density at radius 1 is 0.396 bits per heavy atom. The summed E-state index contributed by atoms with van der Waals surface area (Å²) in [6, 6.07) is -22.6. The molecular weight excluding hydrogens is 1970 g/mol. The second-order valence-corrected chi connectivity index (χ2v) is 37.4. The molecule has 828 valence electrons. The summed E-state index contributed by atoms with van der Waals surface area (Å²) in [5.41, 5.74) is 23.5. The van der Waals surface area contributed by atoms with Crippen LogP contribution in [-0.4, -0.2) is 376 Å². The molecule has 57 heteroatoms. The number of likely N-dealkylation sites (tertiary alicyclic amines) is 4. The first kappa shape index (κ1) is 124. The van der Waals surface area contributed by atoms with E-state index in [0.717, 1.165) is 16.7 Å². The highest BCUT2D eigenvalue weighted by Gasteiger charge is 2.47. The number of guanidine groups is 1. The lowest BCUT2D eigenvalue weighted by atomic mass is 9.96. The number of aliphatic hydroxyl groups is 1. The predicted octanol–water partition coefficient (Wildman–Crippen LogP) is -8.94. The maximum absolute atomic E-state index is 14.8. The molecule has 19 amide bonds. The molecule has 1 aromatic rings. The summed E-state index contributed by atoms with van der Waals surface area (Å²) in [5.74, 6) is -30.8. The van der Waals surface area contributed by atoms with Crippen molar-refractivity contribution in [2.24, 2.45) is 34.8 Å². The lowest BCUT2D eigenvalue weighted by Crippen LogP contribution is -2.61. The van der Waals surface area contributed by atoms with E-state index >= 15 is 0 Å². The number of aliphatic hydroxyl groups excluding tert-OH is 1. The van der Waals surface area contributed by atoms with Crippen molar-refractivity contribution in [1.29, 1.82) is 5.41 Å². The van der Waals surface area contributed by atoms with Gasteiger partial charge in [-0.2, -0.15) is 0 Å². The number of aliphatic carboxylic acids is 6. The number of nitrogens with two attached hydrogens (primary N) is 4. The van der Waals surface area contributed by atoms with Crippen LogP contribution in [0.5, 0.6) is 5.75 Å². The van der Waals surface area contributed by atoms with Crippen LogP contribution in [0.15, 0.2) is 24.3 Å². The summed E-state index contributed by atoms with van der Waals surface area (Å²) < 4.78 is 0. The molecule has 57 nitrogen and oxygen atoms in total. The van der Waals surface area contributed by atoms with Crippen molar-refractivity contribution >= 4 is 154 Å². The van der Waals surface area contributed by atoms with Gasteiger partial charge in [-0.25, -0.2) is 4.79 Å². The largest absolute Gasteiger partial charge is 0.508 e. The third kappa shape index (κ3) is 40.9. The smallest absolute Gasteiger partial charge is 0.326 e. The molecule has 0 saturated carbocycles. The Hall–Kier alpha value is -15.1. The number of carbonyl (C=O) groups is 25. The fourth-order valence-corrected chi connectivity index (χ4v) is 17.1. The Morgan fingerprint density at radius 3 is 1.23 bits per heavy atom. The third-order valence-corrected chi connectivity index (χ3v) is 25.2. The Kier molecular flexibility index (Phi) is 51.4. The van der Waals surface area contributed by atoms with Crippen molar-refractivity contribution in [3.8, 4) is 5.75 Å². The van der Waals surface area contributed by atoms with Crippen LogP contribution in [0, 0.1) is 17.2 Å². The molecule has 4 saturated heterocycles. The summed E-state index contributed by atoms with van der Waals surface area (Å²) >= 11 is 0. The number of unbranched alkanes of at least 4 members (excludes halogenated alkanes) is 1. The predicted molar refractivity (Wildman–Crippen MR) is 517 cm³/mol. The van der Waals surface area contributed by atoms with E-state index in [4.69, 9.17) is 28.3 Å². The molecule has 4 fully saturated rings. The van der Waals surface area contributed by atoms with E-state index in [1.54, 1.807) is 39.8 Å². The van der Waals surface area contributed by atoms with Gasteiger partial charge in [0.2, 0.25) is 112 Å². The lowest BCUT2D eigenvalue weighted by molar-refractivity contribution is -0.144. The number of benzene rings is 1. The number of aromatic hydroxyl groups is 1. The van der Waals surface area contributed by atoms with Crippen LogP contribution in [0.1, 0.15) is 208 Å². The van der Waals surface area contributed by atoms with Gasteiger partial charge in [0.25, 0.3) is 0 Å². The SMILES string of the molecule is CC[C@H](C)[C@H](NC(=O)[C@@H]1CCCN1C(=O)[C@@H](N)Cc1ccc(O)cc1)C(=O)N[C@@H](CCCCN)C(=O)N1CCC[C@H]1C(=O)N[C@@H](CCC(=O)O)C(=O)N[C@@H](C)C(=O)N1CCC[C@H]1C(=O)NCC(=O)N[C@@H](CCC(=O)O)C(=O)N[C@@H](CC(=O)O)C(=O)N[C@@H](C)C(=O)N[C@@H](CO)C(=O)N1CCC[C@H]1C(=O)N[C@@H](CCC(=O)O)C(=O)N[C@@H](CCC(=O)O)C(=O)N[C@@H](CC(C)C)C(=O)N[C@@H](CC(N)=O)C(=O)N[C@@H](CCCNC(=N)N)C(=O)O. The summed E-state index contributed by atoms with van der Waals surface area (Å²) in [6.45, 7) is 6.70. The number of amides is 19. The van der Waals surface area contributed by atoms with Crippen LogP contribution < -0.4 is 103 Å². The number of phenolic OH excluding ortho intramolecular Hbond substituents is 1. The Balaban J connectivity index is 1.21. The molecule has 5 rings (SSSR count). The molecule has 19 atom stereocenters. The van der Waals surface area contributed by atoms with E-state index in [0.29, 0.717) is 31.2 Å². The van der Waals surface area contributed by atoms with E-state index in [1.165, 1.54) is 28.9 Å². The van der Waals surface area contributed by atoms with Crippen LogP contribution in [0.3, 0.4) is 0 Å². The zero-order valence-corrected chi connectivity index (χ0v) is 83.8. The van der Waals surface area contributed by atoms with Crippen LogP contribution in [-0.2, 0) is 126 Å². The number of carboxylic acids is 6. The van der Waals surface area contributed by atoms with E-state index in [9.17, 15) is 161 Å². The average molecular weight is 2110 g/mol. The minimum Gasteiger partial charge on any atom is -0.508 e. The van der Waals surface area contributed by atoms with Crippen molar-refractivity contribution in [2.75, 3.05) is 52.4 Å². The molecule has 4 heterocycles. The molecule has 0 aromatic heterocycles. The number of hydrogen-bond acceptors (Lipinski definition) is 30. The number of primary amides is 1. The van der Waals surface area contributed by atoms with Gasteiger partial charge < -0.3 is 163 Å². The van der Waals surface area contributed by atoms with Crippen molar-refractivity contribution in [3.05, 3.63) is 29.8 Å². The second kappa shape index (κ2) is 61.5. The second-order valence-electron chi connectivity index (χ2n) is 37.4. The number of nitrogens with zero attached hydrogens (tertiary/aromatic N) is 4. The highest BCUT2D eigenvalue weighted by atomic mass is 16.4. The van der Waals surface area contributed by atoms with Crippen LogP contribution in [0.25, 0.3) is 0 Å². The summed E-state index contributed by atoms with van der Waals surface area (Å²) in [7, 11) is 0. The van der Waals surface area contributed by atoms with Gasteiger partial charge in [-0.3, -0.25) is 120 Å². The van der Waals surface area contributed by atoms with Crippen LogP contribution in [0.4, 0.5) is 0 Å². The molecule has 32 N–H and O–H groups in total. The van der Waals surface area contributed by atoms with Gasteiger partial charge in [0.1, 0.15) is 108 Å². The monoisotopic (exact) mass is 2110 g/mol. The molecule has 0 bridgehead atoms. The highest BCUT2D eigenvalue weighted by molar-refractivity contribution is 6.03. The molecule has 1 aromatic carbocycles. The van der Waals surface area contributed by atoms with Gasteiger partial charge in [-0.05, 0) is 172 Å². The number of rotatable bonds is 64. The minimum atomic E-state index is -2.16. The van der Waals surface area contributed by atoms with Crippen LogP contribution in [0.2, 0.25) is 0 Å². The first-order valence-corrected chi connectivity index (χ1v) is 49.2. The summed E-state index contributed by atoms with van der Waals surface area (Å²) in [6.07, 6.45) is -6.43. The molecule has 0 radical (unpaired) electrons. The third-order valence-electron chi connectivity index (χ3n) is 25.2. The average Bonchev–Trinajstić information content (AvgIpc) is 1.69. The Morgan fingerprint density at radius 2 is 0.779 bits per heavy atom. The fraction of sp³-hybridized carbons (Fsp3) is 0.652. The number of nitrogens with one attached hydrogen (secondary N) is 16. The topological polar surface area (TPSA) is 910 Å². The summed E-state index contributed by atoms with van der Waals surface area (Å²) in [4.78, 5) is 342. The first-order chi connectivity index (χ1) is 70.2.